The molecule has 1 atom stereocenters. The van der Waals surface area contributed by atoms with Gasteiger partial charge in [0.25, 0.3) is 0 Å². The first-order chi connectivity index (χ1) is 7.52. The lowest BCUT2D eigenvalue weighted by Crippen LogP contribution is -2.21. The predicted molar refractivity (Wildman–Crippen MR) is 68.5 cm³/mol. The molecular formula is C12H16BrNO2. The molecule has 3 nitrogen and oxygen atoms in total. The van der Waals surface area contributed by atoms with Crippen molar-refractivity contribution in [1.29, 1.82) is 0 Å². The number of anilines is 1. The fourth-order valence-electron chi connectivity index (χ4n) is 1.39. The van der Waals surface area contributed by atoms with Crippen LogP contribution in [0.2, 0.25) is 0 Å². The fourth-order valence-corrected chi connectivity index (χ4v) is 2.00. The largest absolute Gasteiger partial charge is 0.469 e. The van der Waals surface area contributed by atoms with Crippen LogP contribution in [0.3, 0.4) is 0 Å². The van der Waals surface area contributed by atoms with Gasteiger partial charge < -0.3 is 10.1 Å². The number of aryl methyl sites for hydroxylation is 1. The first-order valence-electron chi connectivity index (χ1n) is 5.12. The minimum absolute atomic E-state index is 0.149. The second-order valence-electron chi connectivity index (χ2n) is 3.82. The summed E-state index contributed by atoms with van der Waals surface area (Å²) < 4.78 is 5.69. The average molecular weight is 286 g/mol. The van der Waals surface area contributed by atoms with E-state index >= 15 is 0 Å². The summed E-state index contributed by atoms with van der Waals surface area (Å²) >= 11 is 3.43. The number of benzene rings is 1. The minimum Gasteiger partial charge on any atom is -0.469 e. The quantitative estimate of drug-likeness (QED) is 0.865. The van der Waals surface area contributed by atoms with Gasteiger partial charge in [0.05, 0.1) is 13.0 Å². The first-order valence-corrected chi connectivity index (χ1v) is 5.91. The van der Waals surface area contributed by atoms with Gasteiger partial charge in [0.2, 0.25) is 0 Å². The number of halogens is 1. The smallest absolute Gasteiger partial charge is 0.310 e. The average Bonchev–Trinajstić information content (AvgIpc) is 2.23. The van der Waals surface area contributed by atoms with Gasteiger partial charge in [-0.3, -0.25) is 4.79 Å². The summed E-state index contributed by atoms with van der Waals surface area (Å²) in [4.78, 5) is 11.2. The van der Waals surface area contributed by atoms with Gasteiger partial charge in [-0.2, -0.15) is 0 Å². The van der Waals surface area contributed by atoms with E-state index in [-0.39, 0.29) is 11.9 Å². The summed E-state index contributed by atoms with van der Waals surface area (Å²) in [5.41, 5.74) is 2.17. The van der Waals surface area contributed by atoms with Crippen molar-refractivity contribution in [2.45, 2.75) is 13.8 Å². The highest BCUT2D eigenvalue weighted by Crippen LogP contribution is 2.19. The van der Waals surface area contributed by atoms with E-state index in [0.29, 0.717) is 6.54 Å². The van der Waals surface area contributed by atoms with E-state index in [1.807, 2.05) is 32.0 Å². The van der Waals surface area contributed by atoms with E-state index in [1.165, 1.54) is 12.7 Å². The Morgan fingerprint density at radius 3 is 2.75 bits per heavy atom. The summed E-state index contributed by atoms with van der Waals surface area (Å²) in [6.45, 7) is 4.44. The van der Waals surface area contributed by atoms with Crippen molar-refractivity contribution >= 4 is 27.6 Å². The van der Waals surface area contributed by atoms with Gasteiger partial charge in [0.15, 0.2) is 0 Å². The maximum atomic E-state index is 11.2. The zero-order chi connectivity index (χ0) is 12.1. The van der Waals surface area contributed by atoms with Gasteiger partial charge in [-0.1, -0.05) is 22.9 Å². The fraction of sp³-hybridized carbons (Fsp3) is 0.417. The lowest BCUT2D eigenvalue weighted by molar-refractivity contribution is -0.144. The lowest BCUT2D eigenvalue weighted by Gasteiger charge is -2.12. The third kappa shape index (κ3) is 3.85. The van der Waals surface area contributed by atoms with Crippen molar-refractivity contribution in [3.05, 3.63) is 28.2 Å². The van der Waals surface area contributed by atoms with Crippen molar-refractivity contribution in [2.75, 3.05) is 19.0 Å². The monoisotopic (exact) mass is 285 g/mol. The molecule has 0 saturated carbocycles. The summed E-state index contributed by atoms with van der Waals surface area (Å²) in [6.07, 6.45) is 0. The molecule has 4 heteroatoms. The molecule has 1 aromatic rings. The van der Waals surface area contributed by atoms with Gasteiger partial charge in [-0.25, -0.2) is 0 Å². The predicted octanol–water partition coefficient (Wildman–Crippen LogP) is 2.98. The number of hydrogen-bond acceptors (Lipinski definition) is 3. The van der Waals surface area contributed by atoms with E-state index in [2.05, 4.69) is 26.0 Å². The topological polar surface area (TPSA) is 38.3 Å². The van der Waals surface area contributed by atoms with Gasteiger partial charge in [0, 0.05) is 16.7 Å². The van der Waals surface area contributed by atoms with Crippen LogP contribution in [0, 0.1) is 12.8 Å². The van der Waals surface area contributed by atoms with Gasteiger partial charge in [-0.05, 0) is 30.7 Å². The summed E-state index contributed by atoms with van der Waals surface area (Å²) in [6, 6.07) is 6.06. The van der Waals surface area contributed by atoms with Crippen LogP contribution in [0.4, 0.5) is 5.69 Å². The Bertz CT molecular complexity index is 359. The number of ether oxygens (including phenoxy) is 1. The highest BCUT2D eigenvalue weighted by atomic mass is 79.9. The normalized spacial score (nSPS) is 12.0. The zero-order valence-corrected chi connectivity index (χ0v) is 11.3. The Morgan fingerprint density at radius 1 is 1.50 bits per heavy atom. The van der Waals surface area contributed by atoms with Gasteiger partial charge >= 0.3 is 5.97 Å². The molecule has 0 spiro atoms. The number of rotatable bonds is 4. The maximum Gasteiger partial charge on any atom is 0.310 e. The Hall–Kier alpha value is -1.03. The summed E-state index contributed by atoms with van der Waals surface area (Å²) in [7, 11) is 1.40. The van der Waals surface area contributed by atoms with E-state index in [0.717, 1.165) is 10.2 Å². The second kappa shape index (κ2) is 5.89. The maximum absolute atomic E-state index is 11.2. The molecule has 0 saturated heterocycles. The Morgan fingerprint density at radius 2 is 2.19 bits per heavy atom. The Balaban J connectivity index is 2.57. The van der Waals surface area contributed by atoms with Crippen molar-refractivity contribution in [2.24, 2.45) is 5.92 Å². The molecular weight excluding hydrogens is 270 g/mol. The van der Waals surface area contributed by atoms with Crippen molar-refractivity contribution in [1.82, 2.24) is 0 Å². The molecule has 1 aromatic carbocycles. The number of carbonyl (C=O) groups excluding carboxylic acids is 1. The molecule has 0 aliphatic heterocycles. The van der Waals surface area contributed by atoms with Crippen LogP contribution in [0.15, 0.2) is 22.7 Å². The molecule has 0 aromatic heterocycles. The molecule has 0 radical (unpaired) electrons. The molecule has 1 N–H and O–H groups in total. The van der Waals surface area contributed by atoms with E-state index in [1.54, 1.807) is 0 Å². The minimum atomic E-state index is -0.195. The number of carbonyl (C=O) groups is 1. The molecule has 0 heterocycles. The molecule has 1 unspecified atom stereocenters. The van der Waals surface area contributed by atoms with Crippen LogP contribution >= 0.6 is 15.9 Å². The van der Waals surface area contributed by atoms with Crippen LogP contribution < -0.4 is 5.32 Å². The number of hydrogen-bond donors (Lipinski definition) is 1. The highest BCUT2D eigenvalue weighted by Gasteiger charge is 2.12. The van der Waals surface area contributed by atoms with Crippen LogP contribution in [0.1, 0.15) is 12.5 Å². The van der Waals surface area contributed by atoms with Crippen molar-refractivity contribution < 1.29 is 9.53 Å². The number of esters is 1. The van der Waals surface area contributed by atoms with Crippen LogP contribution in [0.25, 0.3) is 0 Å². The summed E-state index contributed by atoms with van der Waals surface area (Å²) in [5.74, 6) is -0.344. The standard InChI is InChI=1S/C12H16BrNO2/c1-8-4-10(13)6-11(5-8)14-7-9(2)12(15)16-3/h4-6,9,14H,7H2,1-3H3. The Kier molecular flexibility index (Phi) is 4.80. The van der Waals surface area contributed by atoms with Crippen LogP contribution in [-0.2, 0) is 9.53 Å². The van der Waals surface area contributed by atoms with Crippen LogP contribution in [0.5, 0.6) is 0 Å². The third-order valence-corrected chi connectivity index (χ3v) is 2.72. The third-order valence-electron chi connectivity index (χ3n) is 2.26. The molecule has 0 fully saturated rings. The molecule has 16 heavy (non-hydrogen) atoms. The first kappa shape index (κ1) is 13.0. The van der Waals surface area contributed by atoms with E-state index in [9.17, 15) is 4.79 Å². The lowest BCUT2D eigenvalue weighted by atomic mass is 10.1. The number of nitrogens with one attached hydrogen (secondary N) is 1. The van der Waals surface area contributed by atoms with Crippen molar-refractivity contribution in [3.63, 3.8) is 0 Å². The van der Waals surface area contributed by atoms with E-state index in [4.69, 9.17) is 0 Å². The number of methoxy groups -OCH3 is 1. The van der Waals surface area contributed by atoms with Gasteiger partial charge in [0.1, 0.15) is 0 Å². The second-order valence-corrected chi connectivity index (χ2v) is 4.74. The molecule has 88 valence electrons. The zero-order valence-electron chi connectivity index (χ0n) is 9.71. The molecule has 0 aliphatic rings. The molecule has 0 bridgehead atoms. The van der Waals surface area contributed by atoms with Crippen LogP contribution in [-0.4, -0.2) is 19.6 Å². The molecule has 0 amide bonds. The van der Waals surface area contributed by atoms with E-state index < -0.39 is 0 Å². The van der Waals surface area contributed by atoms with Crippen molar-refractivity contribution in [3.8, 4) is 0 Å². The summed E-state index contributed by atoms with van der Waals surface area (Å²) in [5, 5.41) is 3.21. The highest BCUT2D eigenvalue weighted by molar-refractivity contribution is 9.10. The van der Waals surface area contributed by atoms with Gasteiger partial charge in [-0.15, -0.1) is 0 Å². The molecule has 1 rings (SSSR count). The Labute approximate surface area is 104 Å². The molecule has 0 aliphatic carbocycles. The SMILES string of the molecule is COC(=O)C(C)CNc1cc(C)cc(Br)c1.